The van der Waals surface area contributed by atoms with Gasteiger partial charge in [0.15, 0.2) is 5.82 Å². The summed E-state index contributed by atoms with van der Waals surface area (Å²) >= 11 is 0. The summed E-state index contributed by atoms with van der Waals surface area (Å²) in [6.45, 7) is 2.12. The Hall–Kier alpha value is -3.41. The molecular formula is C26H28N4O2. The van der Waals surface area contributed by atoms with Crippen LogP contribution < -0.4 is 15.0 Å². The highest BCUT2D eigenvalue weighted by molar-refractivity contribution is 5.93. The zero-order valence-electron chi connectivity index (χ0n) is 18.2. The number of anilines is 2. The molecular weight excluding hydrogens is 400 g/mol. The van der Waals surface area contributed by atoms with Gasteiger partial charge in [-0.05, 0) is 73.6 Å². The summed E-state index contributed by atoms with van der Waals surface area (Å²) in [6.07, 6.45) is 5.14. The van der Waals surface area contributed by atoms with Crippen LogP contribution in [-0.2, 0) is 24.2 Å². The van der Waals surface area contributed by atoms with E-state index >= 15 is 0 Å². The summed E-state index contributed by atoms with van der Waals surface area (Å²) in [5.74, 6) is 1.68. The fourth-order valence-electron chi connectivity index (χ4n) is 4.49. The first kappa shape index (κ1) is 20.5. The highest BCUT2D eigenvalue weighted by Gasteiger charge is 2.27. The van der Waals surface area contributed by atoms with Crippen molar-refractivity contribution in [3.63, 3.8) is 0 Å². The number of aromatic nitrogens is 2. The normalized spacial score (nSPS) is 17.6. The van der Waals surface area contributed by atoms with E-state index < -0.39 is 0 Å². The molecule has 1 amide bonds. The van der Waals surface area contributed by atoms with Crippen LogP contribution in [0.5, 0.6) is 5.75 Å². The SMILES string of the molecule is O=C(Nc1ccc(OCc2ccccc2)cc1)C1CCCN(c2cc3c(nn2)CCC3)C1. The van der Waals surface area contributed by atoms with Gasteiger partial charge < -0.3 is 15.0 Å². The van der Waals surface area contributed by atoms with E-state index in [1.165, 1.54) is 5.56 Å². The predicted octanol–water partition coefficient (Wildman–Crippen LogP) is 4.40. The fraction of sp³-hybridized carbons (Fsp3) is 0.346. The van der Waals surface area contributed by atoms with E-state index in [2.05, 4.69) is 26.5 Å². The molecule has 1 aliphatic carbocycles. The van der Waals surface area contributed by atoms with Crippen LogP contribution in [0.2, 0.25) is 0 Å². The van der Waals surface area contributed by atoms with Crippen molar-refractivity contribution in [3.05, 3.63) is 77.5 Å². The summed E-state index contributed by atoms with van der Waals surface area (Å²) in [7, 11) is 0. The van der Waals surface area contributed by atoms with E-state index in [1.54, 1.807) is 0 Å². The van der Waals surface area contributed by atoms with Crippen molar-refractivity contribution in [2.75, 3.05) is 23.3 Å². The van der Waals surface area contributed by atoms with Crippen LogP contribution in [-0.4, -0.2) is 29.2 Å². The maximum absolute atomic E-state index is 12.9. The molecule has 0 saturated carbocycles. The molecule has 2 aliphatic rings. The van der Waals surface area contributed by atoms with Gasteiger partial charge in [-0.2, -0.15) is 5.10 Å². The minimum atomic E-state index is -0.0622. The molecule has 2 heterocycles. The third-order valence-electron chi connectivity index (χ3n) is 6.29. The molecule has 0 radical (unpaired) electrons. The molecule has 3 aromatic rings. The topological polar surface area (TPSA) is 67.3 Å². The average molecular weight is 429 g/mol. The van der Waals surface area contributed by atoms with Crippen molar-refractivity contribution in [1.82, 2.24) is 10.2 Å². The second-order valence-corrected chi connectivity index (χ2v) is 8.60. The number of hydrogen-bond acceptors (Lipinski definition) is 5. The summed E-state index contributed by atoms with van der Waals surface area (Å²) in [6, 6.07) is 19.8. The molecule has 1 aliphatic heterocycles. The van der Waals surface area contributed by atoms with Gasteiger partial charge in [0.25, 0.3) is 0 Å². The van der Waals surface area contributed by atoms with Gasteiger partial charge in [0.2, 0.25) is 5.91 Å². The van der Waals surface area contributed by atoms with Gasteiger partial charge in [0.1, 0.15) is 12.4 Å². The van der Waals surface area contributed by atoms with Crippen LogP contribution in [0.25, 0.3) is 0 Å². The van der Waals surface area contributed by atoms with Crippen molar-refractivity contribution in [2.45, 2.75) is 38.7 Å². The van der Waals surface area contributed by atoms with Gasteiger partial charge in [0, 0.05) is 18.8 Å². The molecule has 164 valence electrons. The third kappa shape index (κ3) is 4.74. The maximum atomic E-state index is 12.9. The Bertz CT molecular complexity index is 1070. The lowest BCUT2D eigenvalue weighted by Gasteiger charge is -2.32. The van der Waals surface area contributed by atoms with Crippen LogP contribution in [0, 0.1) is 5.92 Å². The number of rotatable bonds is 6. The molecule has 1 atom stereocenters. The molecule has 1 fully saturated rings. The largest absolute Gasteiger partial charge is 0.489 e. The van der Waals surface area contributed by atoms with Crippen LogP contribution in [0.1, 0.15) is 36.1 Å². The van der Waals surface area contributed by atoms with Gasteiger partial charge in [0.05, 0.1) is 11.6 Å². The zero-order chi connectivity index (χ0) is 21.8. The minimum Gasteiger partial charge on any atom is -0.489 e. The summed E-state index contributed by atoms with van der Waals surface area (Å²) in [5, 5.41) is 11.9. The Morgan fingerprint density at radius 1 is 1.03 bits per heavy atom. The highest BCUT2D eigenvalue weighted by atomic mass is 16.5. The zero-order valence-corrected chi connectivity index (χ0v) is 18.2. The number of fused-ring (bicyclic) bond motifs is 1. The molecule has 6 nitrogen and oxygen atoms in total. The van der Waals surface area contributed by atoms with E-state index in [0.717, 1.165) is 67.2 Å². The van der Waals surface area contributed by atoms with Crippen LogP contribution in [0.15, 0.2) is 60.7 Å². The Labute approximate surface area is 188 Å². The molecule has 0 bridgehead atoms. The number of carbonyl (C=O) groups excluding carboxylic acids is 1. The number of benzene rings is 2. The van der Waals surface area contributed by atoms with Gasteiger partial charge in [-0.25, -0.2) is 0 Å². The molecule has 6 heteroatoms. The molecule has 0 spiro atoms. The summed E-state index contributed by atoms with van der Waals surface area (Å²) in [5.41, 5.74) is 4.36. The van der Waals surface area contributed by atoms with Crippen LogP contribution >= 0.6 is 0 Å². The molecule has 1 saturated heterocycles. The Balaban J connectivity index is 1.16. The first-order chi connectivity index (χ1) is 15.7. The number of ether oxygens (including phenoxy) is 1. The fourth-order valence-corrected chi connectivity index (χ4v) is 4.49. The van der Waals surface area contributed by atoms with E-state index in [1.807, 2.05) is 54.6 Å². The highest BCUT2D eigenvalue weighted by Crippen LogP contribution is 2.27. The second-order valence-electron chi connectivity index (χ2n) is 8.60. The number of nitrogens with zero attached hydrogens (tertiary/aromatic N) is 3. The van der Waals surface area contributed by atoms with E-state index in [9.17, 15) is 4.79 Å². The third-order valence-corrected chi connectivity index (χ3v) is 6.29. The Morgan fingerprint density at radius 3 is 2.72 bits per heavy atom. The number of amides is 1. The quantitative estimate of drug-likeness (QED) is 0.630. The van der Waals surface area contributed by atoms with Crippen molar-refractivity contribution < 1.29 is 9.53 Å². The molecule has 5 rings (SSSR count). The van der Waals surface area contributed by atoms with Crippen molar-refractivity contribution >= 4 is 17.4 Å². The number of hydrogen-bond donors (Lipinski definition) is 1. The molecule has 1 aromatic heterocycles. The smallest absolute Gasteiger partial charge is 0.229 e. The molecule has 32 heavy (non-hydrogen) atoms. The maximum Gasteiger partial charge on any atom is 0.229 e. The van der Waals surface area contributed by atoms with E-state index in [-0.39, 0.29) is 11.8 Å². The van der Waals surface area contributed by atoms with Crippen LogP contribution in [0.4, 0.5) is 11.5 Å². The van der Waals surface area contributed by atoms with Crippen LogP contribution in [0.3, 0.4) is 0 Å². The van der Waals surface area contributed by atoms with Crippen molar-refractivity contribution in [2.24, 2.45) is 5.92 Å². The number of aryl methyl sites for hydroxylation is 2. The van der Waals surface area contributed by atoms with Gasteiger partial charge in [-0.3, -0.25) is 4.79 Å². The number of piperidine rings is 1. The van der Waals surface area contributed by atoms with Crippen molar-refractivity contribution in [3.8, 4) is 5.75 Å². The lowest BCUT2D eigenvalue weighted by atomic mass is 9.97. The monoisotopic (exact) mass is 428 g/mol. The first-order valence-electron chi connectivity index (χ1n) is 11.4. The summed E-state index contributed by atoms with van der Waals surface area (Å²) in [4.78, 5) is 15.1. The minimum absolute atomic E-state index is 0.0572. The molecule has 1 unspecified atom stereocenters. The Morgan fingerprint density at radius 2 is 1.88 bits per heavy atom. The average Bonchev–Trinajstić information content (AvgIpc) is 3.32. The molecule has 1 N–H and O–H groups in total. The number of nitrogens with one attached hydrogen (secondary N) is 1. The molecule has 2 aromatic carbocycles. The Kier molecular flexibility index (Phi) is 6.01. The summed E-state index contributed by atoms with van der Waals surface area (Å²) < 4.78 is 5.83. The second kappa shape index (κ2) is 9.39. The lowest BCUT2D eigenvalue weighted by Crippen LogP contribution is -2.41. The van der Waals surface area contributed by atoms with Gasteiger partial charge in [-0.15, -0.1) is 5.10 Å². The van der Waals surface area contributed by atoms with Gasteiger partial charge >= 0.3 is 0 Å². The standard InChI is InChI=1S/C26H28N4O2/c31-26(27-22-11-13-23(14-12-22)32-18-19-6-2-1-3-7-19)21-9-5-15-30(17-21)25-16-20-8-4-10-24(20)28-29-25/h1-3,6-7,11-14,16,21H,4-5,8-10,15,17-18H2,(H,27,31). The van der Waals surface area contributed by atoms with E-state index in [0.29, 0.717) is 13.2 Å². The van der Waals surface area contributed by atoms with Crippen molar-refractivity contribution in [1.29, 1.82) is 0 Å². The van der Waals surface area contributed by atoms with E-state index in [4.69, 9.17) is 4.74 Å². The van der Waals surface area contributed by atoms with Gasteiger partial charge in [-0.1, -0.05) is 30.3 Å². The lowest BCUT2D eigenvalue weighted by molar-refractivity contribution is -0.120. The first-order valence-corrected chi connectivity index (χ1v) is 11.4. The predicted molar refractivity (Wildman–Crippen MR) is 125 cm³/mol. The number of carbonyl (C=O) groups is 1.